The van der Waals surface area contributed by atoms with E-state index in [1.807, 2.05) is 133 Å². The van der Waals surface area contributed by atoms with E-state index >= 15 is 0 Å². The van der Waals surface area contributed by atoms with Gasteiger partial charge in [0.1, 0.15) is 28.8 Å². The Morgan fingerprint density at radius 1 is 0.411 bits per heavy atom. The number of carbonyl (C=O) groups excluding carboxylic acids is 8. The third-order valence-electron chi connectivity index (χ3n) is 22.6. The van der Waals surface area contributed by atoms with Crippen molar-refractivity contribution >= 4 is 187 Å². The molecule has 1 saturated carbocycles. The van der Waals surface area contributed by atoms with E-state index in [2.05, 4.69) is 66.0 Å². The second-order valence-corrected chi connectivity index (χ2v) is 43.3. The van der Waals surface area contributed by atoms with Gasteiger partial charge in [0, 0.05) is 143 Å². The molecule has 13 aromatic rings. The highest BCUT2D eigenvalue weighted by molar-refractivity contribution is 7.20. The van der Waals surface area contributed by atoms with Gasteiger partial charge in [-0.2, -0.15) is 13.2 Å². The van der Waals surface area contributed by atoms with Gasteiger partial charge in [-0.25, -0.2) is 44.9 Å². The minimum atomic E-state index is -4.44. The van der Waals surface area contributed by atoms with Crippen LogP contribution in [0.25, 0.3) is 42.3 Å². The predicted octanol–water partition coefficient (Wildman–Crippen LogP) is 18.6. The van der Waals surface area contributed by atoms with Crippen LogP contribution in [0.1, 0.15) is 196 Å². The van der Waals surface area contributed by atoms with Crippen molar-refractivity contribution in [1.82, 2.24) is 74.3 Å². The van der Waals surface area contributed by atoms with Gasteiger partial charge in [0.2, 0.25) is 23.6 Å². The molecule has 12 N–H and O–H groups in total. The van der Waals surface area contributed by atoms with Gasteiger partial charge in [-0.05, 0) is 195 Å². The molecule has 2 saturated heterocycles. The van der Waals surface area contributed by atoms with E-state index in [1.165, 1.54) is 134 Å². The van der Waals surface area contributed by atoms with Crippen molar-refractivity contribution in [3.05, 3.63) is 183 Å². The van der Waals surface area contributed by atoms with E-state index in [1.54, 1.807) is 104 Å². The summed E-state index contributed by atoms with van der Waals surface area (Å²) in [5.41, 5.74) is 30.7. The number of likely N-dealkylation sites (N-methyl/N-ethyl adjacent to an activating group) is 2. The first kappa shape index (κ1) is 110. The summed E-state index contributed by atoms with van der Waals surface area (Å²) in [5, 5.41) is 24.7. The SMILES string of the molecule is Cc1nc(C(=O)N(C)C)sc1-c1csc(Nc2cc(C(N)=O)ccc2OC(C)C)n1.Cc1nc(C(=O)N(C)CCN(C)C)sc1-c1csc(Nc2cc(C(N)=O)ccc2OC(C)C)n1.Cc1nc(C(=O)N2CCN(C3CCCCC3)CC2)sc1-c1csc(Nc2cc(C(N)=O)ccc2OC(C)C)n1.Cc1nc(C(=O)N2CCN(c3ccc(C(F)(F)F)cn3)CC2)sc1-c1csc(Nc2cc(C(N)=O)ccc2OC(C)C)n1. The highest BCUT2D eigenvalue weighted by Crippen LogP contribution is 2.44. The van der Waals surface area contributed by atoms with Crippen molar-refractivity contribution < 1.29 is 70.5 Å². The summed E-state index contributed by atoms with van der Waals surface area (Å²) in [5.74, 6) is 0.218. The number of thiazole rings is 8. The van der Waals surface area contributed by atoms with Crippen LogP contribution >= 0.6 is 90.7 Å². The summed E-state index contributed by atoms with van der Waals surface area (Å²) in [6, 6.07) is 23.0. The third-order valence-corrected chi connectivity index (χ3v) is 30.3. The standard InChI is InChI=1S/C28H28F3N7O3S2.C28H36N6O3S2.C23H30N6O3S2.C20H23N5O3S2/c1-15(2)41-21-6-4-17(24(32)39)12-19(21)35-27-36-20(14-42-27)23-16(3)34-25(43-23)26(40)38-10-8-37(9-11-38)22-7-5-18(13-33-22)28(29,30)31;1-17(2)37-23-10-9-19(25(29)35)15-21(23)31-28-32-22(16-38-28)24-18(3)30-26(39-24)27(36)34-13-11-33(12-14-34)20-7-5-4-6-8-20;1-13(2)32-18-8-7-15(20(24)30)11-16(18)26-23-27-17(12-33-23)19-14(3)25-21(34-19)22(31)29(6)10-9-28(4)5;1-10(2)28-15-7-6-12(17(21)26)8-13(15)23-20-24-14(9-29-20)16-11(3)22-18(30-16)19(27)25(4)5/h4-7,12-15H,8-11H2,1-3H3,(H2,32,39)(H,35,36);9-10,15-17,20H,4-8,11-14H2,1-3H3,(H2,29,35)(H,31,32);7-8,11-13H,9-10H2,1-6H3,(H2,24,30)(H,26,27);6-10H,1-5H3,(H2,21,26)(H,23,24). The molecule has 2 aliphatic heterocycles. The monoisotopic (exact) mass is 2150 g/mol. The number of carbonyl (C=O) groups is 8. The molecule has 36 nitrogen and oxygen atoms in total. The topological polar surface area (TPSA) is 464 Å². The van der Waals surface area contributed by atoms with Crippen molar-refractivity contribution in [1.29, 1.82) is 0 Å². The number of rotatable bonds is 33. The fourth-order valence-corrected chi connectivity index (χ4v) is 22.6. The number of anilines is 9. The molecule has 0 radical (unpaired) electrons. The number of nitrogens with two attached hydrogens (primary N) is 4. The first-order valence-corrected chi connectivity index (χ1v) is 53.6. The average molecular weight is 2150 g/mol. The van der Waals surface area contributed by atoms with Crippen LogP contribution in [0, 0.1) is 27.7 Å². The maximum Gasteiger partial charge on any atom is 0.417 e. The van der Waals surface area contributed by atoms with Crippen LogP contribution in [0.5, 0.6) is 23.0 Å². The number of hydrogen-bond acceptors (Lipinski definition) is 36. The molecule has 0 atom stereocenters. The summed E-state index contributed by atoms with van der Waals surface area (Å²) < 4.78 is 62.0. The number of halogens is 3. The van der Waals surface area contributed by atoms with Gasteiger partial charge in [0.25, 0.3) is 23.6 Å². The second-order valence-electron chi connectivity index (χ2n) is 35.9. The Morgan fingerprint density at radius 3 is 1.02 bits per heavy atom. The first-order valence-electron chi connectivity index (χ1n) is 46.8. The Bertz CT molecular complexity index is 6800. The molecule has 1 aliphatic carbocycles. The van der Waals surface area contributed by atoms with Gasteiger partial charge in [-0.15, -0.1) is 90.7 Å². The van der Waals surface area contributed by atoms with Crippen LogP contribution < -0.4 is 68.0 Å². The fraction of sp³-hybridized carbons (Fsp3) is 0.384. The van der Waals surface area contributed by atoms with Gasteiger partial charge in [-0.1, -0.05) is 19.3 Å². The summed E-state index contributed by atoms with van der Waals surface area (Å²) in [6.07, 6.45) is 2.75. The Balaban J connectivity index is 0.000000164. The molecular weight excluding hydrogens is 2030 g/mol. The molecule has 9 aromatic heterocycles. The van der Waals surface area contributed by atoms with Crippen molar-refractivity contribution in [3.8, 4) is 65.3 Å². The van der Waals surface area contributed by atoms with E-state index in [0.717, 1.165) is 98.7 Å². The molecule has 0 unspecified atom stereocenters. The van der Waals surface area contributed by atoms with E-state index < -0.39 is 35.4 Å². The number of benzene rings is 4. The third kappa shape index (κ3) is 28.9. The van der Waals surface area contributed by atoms with Crippen molar-refractivity contribution in [2.75, 3.05) is 127 Å². The van der Waals surface area contributed by atoms with Gasteiger partial charge < -0.3 is 92.5 Å². The maximum absolute atomic E-state index is 13.3. The molecule has 3 aliphatic rings. The van der Waals surface area contributed by atoms with Crippen LogP contribution in [0.2, 0.25) is 0 Å². The van der Waals surface area contributed by atoms with Gasteiger partial charge >= 0.3 is 6.18 Å². The Hall–Kier alpha value is -13.3. The number of primary amides is 4. The maximum atomic E-state index is 13.3. The van der Waals surface area contributed by atoms with Crippen LogP contribution in [-0.4, -0.2) is 253 Å². The van der Waals surface area contributed by atoms with E-state index in [4.69, 9.17) is 46.9 Å². The van der Waals surface area contributed by atoms with E-state index in [0.29, 0.717) is 165 Å². The number of amides is 8. The Labute approximate surface area is 875 Å². The molecule has 4 aromatic carbocycles. The molecule has 11 heterocycles. The Morgan fingerprint density at radius 2 is 0.726 bits per heavy atom. The van der Waals surface area contributed by atoms with Gasteiger partial charge in [0.05, 0.1) is 118 Å². The summed E-state index contributed by atoms with van der Waals surface area (Å²) >= 11 is 10.9. The smallest absolute Gasteiger partial charge is 0.417 e. The van der Waals surface area contributed by atoms with Gasteiger partial charge in [0.15, 0.2) is 40.6 Å². The zero-order chi connectivity index (χ0) is 105. The molecule has 0 bridgehead atoms. The van der Waals surface area contributed by atoms with Crippen LogP contribution in [0.15, 0.2) is 113 Å². The molecule has 8 amide bonds. The lowest BCUT2D eigenvalue weighted by atomic mass is 9.94. The van der Waals surface area contributed by atoms with Crippen molar-refractivity contribution in [2.24, 2.45) is 22.9 Å². The summed E-state index contributed by atoms with van der Waals surface area (Å²) in [6.45, 7) is 29.2. The number of ether oxygens (including phenoxy) is 4. The molecule has 774 valence electrons. The number of pyridine rings is 1. The fourth-order valence-electron chi connectivity index (χ4n) is 15.3. The quantitative estimate of drug-likeness (QED) is 0.0189. The van der Waals surface area contributed by atoms with Crippen molar-refractivity contribution in [2.45, 2.75) is 152 Å². The summed E-state index contributed by atoms with van der Waals surface area (Å²) in [4.78, 5) is 156. The van der Waals surface area contributed by atoms with Crippen molar-refractivity contribution in [3.63, 3.8) is 0 Å². The number of nitrogens with zero attached hydrogens (tertiary/aromatic N) is 16. The van der Waals surface area contributed by atoms with Crippen LogP contribution in [0.3, 0.4) is 0 Å². The van der Waals surface area contributed by atoms with Gasteiger partial charge in [-0.3, -0.25) is 43.3 Å². The second kappa shape index (κ2) is 49.3. The molecule has 16 rings (SSSR count). The predicted molar refractivity (Wildman–Crippen MR) is 573 cm³/mol. The highest BCUT2D eigenvalue weighted by atomic mass is 32.1. The largest absolute Gasteiger partial charge is 0.489 e. The van der Waals surface area contributed by atoms with E-state index in [-0.39, 0.29) is 48.0 Å². The number of nitrogens with one attached hydrogen (secondary N) is 4. The molecule has 0 spiro atoms. The molecule has 3 fully saturated rings. The molecule has 47 heteroatoms. The zero-order valence-electron chi connectivity index (χ0n) is 83.7. The minimum absolute atomic E-state index is 0.00460. The highest BCUT2D eigenvalue weighted by Gasteiger charge is 2.35. The lowest BCUT2D eigenvalue weighted by Crippen LogP contribution is -2.52. The van der Waals surface area contributed by atoms with E-state index in [9.17, 15) is 51.5 Å². The summed E-state index contributed by atoms with van der Waals surface area (Å²) in [7, 11) is 9.12. The molecule has 146 heavy (non-hydrogen) atoms. The normalized spacial score (nSPS) is 13.4. The lowest BCUT2D eigenvalue weighted by molar-refractivity contribution is -0.137. The zero-order valence-corrected chi connectivity index (χ0v) is 90.3. The lowest BCUT2D eigenvalue weighted by Gasteiger charge is -2.40. The van der Waals surface area contributed by atoms with Crippen LogP contribution in [-0.2, 0) is 6.18 Å². The Kier molecular flexibility index (Phi) is 37.1. The minimum Gasteiger partial charge on any atom is -0.489 e. The number of aryl methyl sites for hydroxylation is 4. The molecular formula is C99H117F3N24O12S8. The number of aromatic nitrogens is 9. The van der Waals surface area contributed by atoms with Crippen LogP contribution in [0.4, 0.5) is 62.3 Å². The number of piperazine rings is 2. The average Bonchev–Trinajstić information content (AvgIpc) is 1.78. The number of alkyl halides is 3. The first-order chi connectivity index (χ1) is 69.4. The number of hydrogen-bond donors (Lipinski definition) is 8.